The number of alkyl halides is 2. The predicted octanol–water partition coefficient (Wildman–Crippen LogP) is 6.34. The second-order valence-electron chi connectivity index (χ2n) is 6.52. The van der Waals surface area contributed by atoms with Gasteiger partial charge in [-0.25, -0.2) is 0 Å². The van der Waals surface area contributed by atoms with Crippen LogP contribution in [0.4, 0.5) is 0 Å². The van der Waals surface area contributed by atoms with Crippen molar-refractivity contribution in [3.05, 3.63) is 121 Å². The van der Waals surface area contributed by atoms with Crippen molar-refractivity contribution in [2.45, 2.75) is 3.82 Å². The summed E-state index contributed by atoms with van der Waals surface area (Å²) in [5.74, 6) is 0. The van der Waals surface area contributed by atoms with Gasteiger partial charge in [0.05, 0.1) is 0 Å². The Morgan fingerprint density at radius 2 is 0.600 bits per heavy atom. The van der Waals surface area contributed by atoms with Gasteiger partial charge in [0.2, 0.25) is 0 Å². The minimum atomic E-state index is -1.02. The van der Waals surface area contributed by atoms with Crippen LogP contribution in [0.5, 0.6) is 0 Å². The van der Waals surface area contributed by atoms with Crippen molar-refractivity contribution in [2.24, 2.45) is 0 Å². The van der Waals surface area contributed by atoms with Gasteiger partial charge in [-0.15, -0.1) is 0 Å². The Morgan fingerprint density at radius 3 is 0.800 bits per heavy atom. The third kappa shape index (κ3) is 5.17. The first kappa shape index (κ1) is 23.5. The smallest absolute Gasteiger partial charge is 0.0900 e. The zero-order valence-electron chi connectivity index (χ0n) is 16.0. The van der Waals surface area contributed by atoms with Gasteiger partial charge in [-0.1, -0.05) is 145 Å². The molecule has 154 valence electrons. The van der Waals surface area contributed by atoms with Gasteiger partial charge in [-0.2, -0.15) is 0 Å². The number of benzene rings is 4. The predicted molar refractivity (Wildman–Crippen MR) is 133 cm³/mol. The van der Waals surface area contributed by atoms with E-state index < -0.39 is 19.7 Å². The van der Waals surface area contributed by atoms with Gasteiger partial charge in [0.1, 0.15) is 0 Å². The fourth-order valence-electron chi connectivity index (χ4n) is 3.33. The monoisotopic (exact) mass is 510 g/mol. The van der Waals surface area contributed by atoms with Crippen molar-refractivity contribution in [1.82, 2.24) is 0 Å². The quantitative estimate of drug-likeness (QED) is 0.161. The Hall–Kier alpha value is -1.19. The molecule has 30 heavy (non-hydrogen) atoms. The number of hydrogen-bond acceptors (Lipinski definition) is 0. The molecular weight excluding hydrogens is 492 g/mol. The molecule has 0 amide bonds. The van der Waals surface area contributed by atoms with Crippen molar-refractivity contribution in [3.8, 4) is 0 Å². The number of rotatable bonds is 6. The molecule has 0 saturated heterocycles. The molecule has 0 aliphatic carbocycles. The van der Waals surface area contributed by atoms with Crippen LogP contribution in [0.25, 0.3) is 0 Å². The summed E-state index contributed by atoms with van der Waals surface area (Å²) in [6.45, 7) is 0. The van der Waals surface area contributed by atoms with Gasteiger partial charge < -0.3 is 0 Å². The van der Waals surface area contributed by atoms with Crippen molar-refractivity contribution in [3.63, 3.8) is 0 Å². The van der Waals surface area contributed by atoms with Crippen LogP contribution in [0.15, 0.2) is 121 Å². The van der Waals surface area contributed by atoms with Crippen LogP contribution < -0.4 is 21.2 Å². The second kappa shape index (κ2) is 10.9. The normalized spacial score (nSPS) is 11.3. The summed E-state index contributed by atoms with van der Waals surface area (Å²) in [4.78, 5) is 0. The third-order valence-corrected chi connectivity index (χ3v) is 12.2. The van der Waals surface area contributed by atoms with Crippen LogP contribution in [0, 0.1) is 0 Å². The summed E-state index contributed by atoms with van der Waals surface area (Å²) >= 11 is 14.9. The van der Waals surface area contributed by atoms with Crippen LogP contribution in [0.2, 0.25) is 0 Å². The van der Waals surface area contributed by atoms with Crippen LogP contribution in [0.1, 0.15) is 0 Å². The fraction of sp³-hybridized carbons (Fsp3) is 0.0400. The van der Waals surface area contributed by atoms with Crippen molar-refractivity contribution < 1.29 is 16.5 Å². The molecule has 5 heteroatoms. The average molecular weight is 512 g/mol. The summed E-state index contributed by atoms with van der Waals surface area (Å²) in [5, 5.41) is 4.72. The zero-order valence-corrected chi connectivity index (χ0v) is 20.3. The Labute approximate surface area is 201 Å². The van der Waals surface area contributed by atoms with Gasteiger partial charge in [-0.3, -0.25) is 0 Å². The minimum absolute atomic E-state index is 0. The number of hydrogen-bond donors (Lipinski definition) is 0. The second-order valence-corrected chi connectivity index (χ2v) is 14.0. The molecule has 0 atom stereocenters. The van der Waals surface area contributed by atoms with E-state index in [0.29, 0.717) is 0 Å². The van der Waals surface area contributed by atoms with E-state index in [4.69, 9.17) is 23.2 Å². The molecule has 0 N–H and O–H groups in total. The van der Waals surface area contributed by atoms with Crippen molar-refractivity contribution in [1.29, 1.82) is 0 Å². The largest absolute Gasteiger partial charge is 0.171 e. The Morgan fingerprint density at radius 1 is 0.400 bits per heavy atom. The van der Waals surface area contributed by atoms with Crippen molar-refractivity contribution >= 4 is 60.3 Å². The van der Waals surface area contributed by atoms with Crippen LogP contribution >= 0.6 is 39.0 Å². The number of halogens is 2. The topological polar surface area (TPSA) is 0 Å². The van der Waals surface area contributed by atoms with Gasteiger partial charge in [0, 0.05) is 16.5 Å². The zero-order chi connectivity index (χ0) is 20.1. The Kier molecular flexibility index (Phi) is 8.54. The Balaban J connectivity index is 0.00000256. The first-order valence-corrected chi connectivity index (χ1v) is 12.8. The van der Waals surface area contributed by atoms with Gasteiger partial charge >= 0.3 is 0 Å². The molecule has 0 unspecified atom stereocenters. The van der Waals surface area contributed by atoms with Crippen LogP contribution in [0.3, 0.4) is 0 Å². The van der Waals surface area contributed by atoms with Gasteiger partial charge in [0.15, 0.2) is 3.82 Å². The van der Waals surface area contributed by atoms with E-state index in [2.05, 4.69) is 97.1 Å². The standard InChI is InChI=1S/C25H20Cl2P2.Ni/c26-25(27,28(21-13-5-1-6-14-21)22-15-7-2-8-16-22)29(23-17-9-3-10-18-23)24-19-11-4-12-20-24;/h1-20H;. The summed E-state index contributed by atoms with van der Waals surface area (Å²) in [6, 6.07) is 41.7. The fourth-order valence-corrected chi connectivity index (χ4v) is 11.6. The maximum Gasteiger partial charge on any atom is 0.171 e. The van der Waals surface area contributed by atoms with E-state index in [9.17, 15) is 0 Å². The van der Waals surface area contributed by atoms with Crippen LogP contribution in [-0.2, 0) is 16.5 Å². The molecule has 0 heterocycles. The van der Waals surface area contributed by atoms with E-state index in [1.807, 2.05) is 24.3 Å². The molecule has 0 aliphatic heterocycles. The SMILES string of the molecule is ClC(Cl)(P(c1ccccc1)c1ccccc1)P(c1ccccc1)c1ccccc1.[Ni]. The molecule has 4 aromatic carbocycles. The van der Waals surface area contributed by atoms with E-state index >= 15 is 0 Å². The van der Waals surface area contributed by atoms with Gasteiger partial charge in [0.25, 0.3) is 0 Å². The molecule has 0 aromatic heterocycles. The molecule has 4 aromatic rings. The summed E-state index contributed by atoms with van der Waals surface area (Å²) in [7, 11) is -2.04. The maximum absolute atomic E-state index is 7.43. The van der Waals surface area contributed by atoms with E-state index in [0.717, 1.165) is 0 Å². The van der Waals surface area contributed by atoms with Gasteiger partial charge in [-0.05, 0) is 37.1 Å². The Bertz CT molecular complexity index is 866. The molecule has 0 bridgehead atoms. The molecule has 0 fully saturated rings. The molecule has 0 spiro atoms. The van der Waals surface area contributed by atoms with E-state index in [1.165, 1.54) is 21.2 Å². The summed E-state index contributed by atoms with van der Waals surface area (Å²) in [6.07, 6.45) is 0. The van der Waals surface area contributed by atoms with E-state index in [1.54, 1.807) is 0 Å². The minimum Gasteiger partial charge on any atom is -0.0900 e. The maximum atomic E-state index is 7.43. The average Bonchev–Trinajstić information content (AvgIpc) is 2.77. The molecule has 4 rings (SSSR count). The molecule has 0 nitrogen and oxygen atoms in total. The molecular formula is C25H20Cl2NiP2. The molecule has 0 aliphatic rings. The van der Waals surface area contributed by atoms with Crippen molar-refractivity contribution in [2.75, 3.05) is 0 Å². The molecule has 0 radical (unpaired) electrons. The first-order valence-electron chi connectivity index (χ1n) is 9.36. The third-order valence-electron chi connectivity index (χ3n) is 4.60. The van der Waals surface area contributed by atoms with E-state index in [-0.39, 0.29) is 16.5 Å². The van der Waals surface area contributed by atoms with Crippen LogP contribution in [-0.4, -0.2) is 3.82 Å². The summed E-state index contributed by atoms with van der Waals surface area (Å²) in [5.41, 5.74) is 0. The first-order chi connectivity index (χ1) is 14.2. The summed E-state index contributed by atoms with van der Waals surface area (Å²) < 4.78 is -0.976. The molecule has 0 saturated carbocycles.